The fourth-order valence-electron chi connectivity index (χ4n) is 1.85. The zero-order chi connectivity index (χ0) is 14.0. The number of benzene rings is 1. The molecule has 1 aliphatic rings. The van der Waals surface area contributed by atoms with Gasteiger partial charge in [-0.1, -0.05) is 6.07 Å². The van der Waals surface area contributed by atoms with Gasteiger partial charge in [-0.2, -0.15) is 0 Å². The highest BCUT2D eigenvalue weighted by Crippen LogP contribution is 2.24. The number of nitro groups is 1. The number of amides is 1. The minimum atomic E-state index is -1.45. The normalized spacial score (nSPS) is 22.3. The molecule has 19 heavy (non-hydrogen) atoms. The molecule has 0 saturated carbocycles. The average Bonchev–Trinajstić information content (AvgIpc) is 2.71. The van der Waals surface area contributed by atoms with Gasteiger partial charge in [0.1, 0.15) is 11.9 Å². The molecule has 0 aromatic heterocycles. The topological polar surface area (TPSA) is 92.9 Å². The molecule has 1 saturated heterocycles. The summed E-state index contributed by atoms with van der Waals surface area (Å²) >= 11 is 0. The van der Waals surface area contributed by atoms with E-state index in [0.29, 0.717) is 0 Å². The highest BCUT2D eigenvalue weighted by atomic mass is 19.1. The number of halogens is 1. The van der Waals surface area contributed by atoms with Gasteiger partial charge in [-0.3, -0.25) is 10.1 Å². The number of hydrogen-bond acceptors (Lipinski definition) is 4. The molecule has 2 atom stereocenters. The van der Waals surface area contributed by atoms with Crippen molar-refractivity contribution in [1.82, 2.24) is 4.90 Å². The number of likely N-dealkylation sites (tertiary alicyclic amines) is 1. The largest absolute Gasteiger partial charge is 0.485 e. The second-order valence-electron chi connectivity index (χ2n) is 4.11. The molecule has 1 N–H and O–H groups in total. The lowest BCUT2D eigenvalue weighted by molar-refractivity contribution is -0.385. The molecule has 1 aromatic carbocycles. The third-order valence-electron chi connectivity index (χ3n) is 2.78. The van der Waals surface area contributed by atoms with Crippen LogP contribution in [0.2, 0.25) is 0 Å². The molecule has 0 unspecified atom stereocenters. The maximum atomic E-state index is 13.6. The lowest BCUT2D eigenvalue weighted by Gasteiger charge is -2.14. The van der Waals surface area contributed by atoms with Crippen molar-refractivity contribution in [1.29, 1.82) is 0 Å². The smallest absolute Gasteiger partial charge is 0.407 e. The van der Waals surface area contributed by atoms with E-state index >= 15 is 0 Å². The Hall–Kier alpha value is -2.38. The molecule has 102 valence electrons. The first-order valence-electron chi connectivity index (χ1n) is 5.50. The molecule has 0 bridgehead atoms. The molecular formula is C11H11FN2O5. The van der Waals surface area contributed by atoms with E-state index in [0.717, 1.165) is 4.90 Å². The summed E-state index contributed by atoms with van der Waals surface area (Å²) in [6.07, 6.45) is -3.61. The van der Waals surface area contributed by atoms with Gasteiger partial charge in [0.25, 0.3) is 5.69 Å². The van der Waals surface area contributed by atoms with E-state index < -0.39 is 23.3 Å². The Morgan fingerprint density at radius 3 is 2.84 bits per heavy atom. The van der Waals surface area contributed by atoms with Crippen LogP contribution in [0.3, 0.4) is 0 Å². The quantitative estimate of drug-likeness (QED) is 0.666. The van der Waals surface area contributed by atoms with E-state index in [4.69, 9.17) is 9.84 Å². The van der Waals surface area contributed by atoms with Gasteiger partial charge in [-0.15, -0.1) is 0 Å². The number of nitro benzene ring substituents is 1. The minimum Gasteiger partial charge on any atom is -0.485 e. The van der Waals surface area contributed by atoms with Crippen molar-refractivity contribution >= 4 is 11.8 Å². The third kappa shape index (κ3) is 2.90. The van der Waals surface area contributed by atoms with E-state index in [1.54, 1.807) is 0 Å². The number of carboxylic acid groups (broad SMARTS) is 1. The summed E-state index contributed by atoms with van der Waals surface area (Å²) in [5, 5.41) is 19.3. The lowest BCUT2D eigenvalue weighted by Crippen LogP contribution is -2.29. The molecule has 0 spiro atoms. The zero-order valence-corrected chi connectivity index (χ0v) is 9.73. The lowest BCUT2D eigenvalue weighted by atomic mass is 10.2. The fraction of sp³-hybridized carbons (Fsp3) is 0.364. The molecule has 0 radical (unpaired) electrons. The van der Waals surface area contributed by atoms with E-state index in [1.807, 2.05) is 0 Å². The Morgan fingerprint density at radius 1 is 1.53 bits per heavy atom. The van der Waals surface area contributed by atoms with Crippen molar-refractivity contribution in [3.63, 3.8) is 0 Å². The van der Waals surface area contributed by atoms with Gasteiger partial charge in [-0.25, -0.2) is 9.18 Å². The van der Waals surface area contributed by atoms with Crippen molar-refractivity contribution in [2.75, 3.05) is 13.1 Å². The fourth-order valence-corrected chi connectivity index (χ4v) is 1.85. The van der Waals surface area contributed by atoms with Crippen LogP contribution >= 0.6 is 0 Å². The van der Waals surface area contributed by atoms with Crippen molar-refractivity contribution in [2.24, 2.45) is 0 Å². The van der Waals surface area contributed by atoms with Crippen LogP contribution in [0.5, 0.6) is 5.75 Å². The van der Waals surface area contributed by atoms with Crippen LogP contribution in [-0.2, 0) is 0 Å². The maximum Gasteiger partial charge on any atom is 0.407 e. The first kappa shape index (κ1) is 13.1. The molecule has 2 rings (SSSR count). The van der Waals surface area contributed by atoms with E-state index in [2.05, 4.69) is 0 Å². The van der Waals surface area contributed by atoms with Gasteiger partial charge in [0.2, 0.25) is 0 Å². The summed E-state index contributed by atoms with van der Waals surface area (Å²) in [5.74, 6) is 0.147. The summed E-state index contributed by atoms with van der Waals surface area (Å²) < 4.78 is 18.9. The highest BCUT2D eigenvalue weighted by molar-refractivity contribution is 5.65. The average molecular weight is 270 g/mol. The molecular weight excluding hydrogens is 259 g/mol. The number of hydrogen-bond donors (Lipinski definition) is 1. The zero-order valence-electron chi connectivity index (χ0n) is 9.73. The summed E-state index contributed by atoms with van der Waals surface area (Å²) in [7, 11) is 0. The highest BCUT2D eigenvalue weighted by Gasteiger charge is 2.37. The Bertz CT molecular complexity index is 510. The predicted molar refractivity (Wildman–Crippen MR) is 62.0 cm³/mol. The first-order valence-corrected chi connectivity index (χ1v) is 5.50. The summed E-state index contributed by atoms with van der Waals surface area (Å²) in [6.45, 7) is -0.353. The van der Waals surface area contributed by atoms with Gasteiger partial charge in [0.15, 0.2) is 6.17 Å². The second-order valence-corrected chi connectivity index (χ2v) is 4.11. The Balaban J connectivity index is 2.07. The Kier molecular flexibility index (Phi) is 3.50. The maximum absolute atomic E-state index is 13.6. The monoisotopic (exact) mass is 270 g/mol. The molecule has 0 aliphatic carbocycles. The van der Waals surface area contributed by atoms with E-state index in [-0.39, 0.29) is 24.5 Å². The van der Waals surface area contributed by atoms with Crippen LogP contribution in [0, 0.1) is 10.1 Å². The van der Waals surface area contributed by atoms with Crippen molar-refractivity contribution in [3.05, 3.63) is 34.4 Å². The van der Waals surface area contributed by atoms with Crippen molar-refractivity contribution < 1.29 is 24.0 Å². The number of carbonyl (C=O) groups is 1. The van der Waals surface area contributed by atoms with Gasteiger partial charge >= 0.3 is 6.09 Å². The third-order valence-corrected chi connectivity index (χ3v) is 2.78. The molecule has 1 heterocycles. The van der Waals surface area contributed by atoms with Crippen LogP contribution in [0.25, 0.3) is 0 Å². The first-order chi connectivity index (χ1) is 8.97. The molecule has 7 nitrogen and oxygen atoms in total. The second kappa shape index (κ2) is 5.09. The Labute approximate surface area is 107 Å². The SMILES string of the molecule is O=C(O)N1C[C@H](Oc2cccc([N+](=O)[O-])c2)[C@@H](F)C1. The van der Waals surface area contributed by atoms with E-state index in [1.165, 1.54) is 24.3 Å². The van der Waals surface area contributed by atoms with Crippen LogP contribution in [-0.4, -0.2) is 46.4 Å². The molecule has 1 amide bonds. The number of rotatable bonds is 3. The van der Waals surface area contributed by atoms with Crippen LogP contribution in [0.1, 0.15) is 0 Å². The van der Waals surface area contributed by atoms with Gasteiger partial charge in [0.05, 0.1) is 24.1 Å². The molecule has 8 heteroatoms. The molecule has 1 fully saturated rings. The van der Waals surface area contributed by atoms with Gasteiger partial charge < -0.3 is 14.7 Å². The number of nitrogens with zero attached hydrogens (tertiary/aromatic N) is 2. The summed E-state index contributed by atoms with van der Waals surface area (Å²) in [4.78, 5) is 21.6. The summed E-state index contributed by atoms with van der Waals surface area (Å²) in [6, 6.07) is 5.35. The van der Waals surface area contributed by atoms with Crippen molar-refractivity contribution in [3.8, 4) is 5.75 Å². The molecule has 1 aliphatic heterocycles. The van der Waals surface area contributed by atoms with E-state index in [9.17, 15) is 19.3 Å². The van der Waals surface area contributed by atoms with Gasteiger partial charge in [-0.05, 0) is 6.07 Å². The van der Waals surface area contributed by atoms with Crippen LogP contribution < -0.4 is 4.74 Å². The number of non-ortho nitro benzene ring substituents is 1. The summed E-state index contributed by atoms with van der Waals surface area (Å²) in [5.41, 5.74) is -0.166. The Morgan fingerprint density at radius 2 is 2.26 bits per heavy atom. The van der Waals surface area contributed by atoms with Crippen LogP contribution in [0.15, 0.2) is 24.3 Å². The number of ether oxygens (including phenoxy) is 1. The van der Waals surface area contributed by atoms with Crippen LogP contribution in [0.4, 0.5) is 14.9 Å². The minimum absolute atomic E-state index is 0.0980. The van der Waals surface area contributed by atoms with Crippen molar-refractivity contribution in [2.45, 2.75) is 12.3 Å². The van der Waals surface area contributed by atoms with Gasteiger partial charge in [0, 0.05) is 6.07 Å². The number of alkyl halides is 1. The molecule has 1 aromatic rings. The standard InChI is InChI=1S/C11H11FN2O5/c12-9-5-13(11(15)16)6-10(9)19-8-3-1-2-7(4-8)14(17)18/h1-4,9-10H,5-6H2,(H,15,16)/t9-,10-/m0/s1. The predicted octanol–water partition coefficient (Wildman–Crippen LogP) is 1.67.